The summed E-state index contributed by atoms with van der Waals surface area (Å²) in [5.41, 5.74) is 1.52. The van der Waals surface area contributed by atoms with Crippen LogP contribution in [0.5, 0.6) is 0 Å². The lowest BCUT2D eigenvalue weighted by Crippen LogP contribution is -2.24. The molecule has 0 radical (unpaired) electrons. The zero-order valence-electron chi connectivity index (χ0n) is 7.04. The minimum absolute atomic E-state index is 0.825. The van der Waals surface area contributed by atoms with Crippen molar-refractivity contribution in [1.82, 2.24) is 0 Å². The molecule has 0 bridgehead atoms. The summed E-state index contributed by atoms with van der Waals surface area (Å²) in [4.78, 5) is 0. The van der Waals surface area contributed by atoms with E-state index in [1.54, 1.807) is 0 Å². The number of hydrogen-bond donors (Lipinski definition) is 0. The van der Waals surface area contributed by atoms with Gasteiger partial charge in [0.1, 0.15) is 0 Å². The van der Waals surface area contributed by atoms with E-state index >= 15 is 0 Å². The number of benzene rings is 1. The van der Waals surface area contributed by atoms with Crippen LogP contribution in [0.1, 0.15) is 24.3 Å². The van der Waals surface area contributed by atoms with Crippen LogP contribution in [0.2, 0.25) is 0 Å². The summed E-state index contributed by atoms with van der Waals surface area (Å²) in [5.74, 6) is 1.71. The SMILES string of the molecule is BrCC1CCC1c1ccccc1. The molecule has 12 heavy (non-hydrogen) atoms. The van der Waals surface area contributed by atoms with Crippen LogP contribution in [0.4, 0.5) is 0 Å². The van der Waals surface area contributed by atoms with E-state index < -0.39 is 0 Å². The Morgan fingerprint density at radius 2 is 1.92 bits per heavy atom. The van der Waals surface area contributed by atoms with Crippen LogP contribution >= 0.6 is 15.9 Å². The summed E-state index contributed by atoms with van der Waals surface area (Å²) in [6.07, 6.45) is 2.77. The third kappa shape index (κ3) is 1.42. The van der Waals surface area contributed by atoms with Crippen molar-refractivity contribution in [1.29, 1.82) is 0 Å². The van der Waals surface area contributed by atoms with Crippen molar-refractivity contribution in [2.45, 2.75) is 18.8 Å². The van der Waals surface area contributed by atoms with Crippen molar-refractivity contribution in [2.24, 2.45) is 5.92 Å². The Balaban J connectivity index is 2.11. The van der Waals surface area contributed by atoms with Crippen molar-refractivity contribution in [2.75, 3.05) is 5.33 Å². The highest BCUT2D eigenvalue weighted by atomic mass is 79.9. The monoisotopic (exact) mass is 224 g/mol. The summed E-state index contributed by atoms with van der Waals surface area (Å²) in [5, 5.41) is 1.16. The largest absolute Gasteiger partial charge is 0.0925 e. The van der Waals surface area contributed by atoms with Crippen LogP contribution < -0.4 is 0 Å². The molecule has 64 valence electrons. The Morgan fingerprint density at radius 1 is 1.17 bits per heavy atom. The van der Waals surface area contributed by atoms with E-state index in [2.05, 4.69) is 46.3 Å². The number of rotatable bonds is 2. The van der Waals surface area contributed by atoms with Crippen LogP contribution in [0.25, 0.3) is 0 Å². The maximum absolute atomic E-state index is 3.56. The third-order valence-corrected chi connectivity index (χ3v) is 3.68. The molecule has 1 aliphatic rings. The Morgan fingerprint density at radius 3 is 2.42 bits per heavy atom. The van der Waals surface area contributed by atoms with Crippen molar-refractivity contribution < 1.29 is 0 Å². The molecule has 1 aromatic carbocycles. The van der Waals surface area contributed by atoms with E-state index in [0.717, 1.165) is 17.2 Å². The molecule has 0 nitrogen and oxygen atoms in total. The van der Waals surface area contributed by atoms with Crippen molar-refractivity contribution in [3.63, 3.8) is 0 Å². The second kappa shape index (κ2) is 3.61. The average molecular weight is 225 g/mol. The van der Waals surface area contributed by atoms with Gasteiger partial charge in [-0.2, -0.15) is 0 Å². The molecule has 1 aromatic rings. The van der Waals surface area contributed by atoms with Gasteiger partial charge in [-0.05, 0) is 30.2 Å². The van der Waals surface area contributed by atoms with E-state index in [1.165, 1.54) is 18.4 Å². The molecule has 0 N–H and O–H groups in total. The predicted octanol–water partition coefficient (Wildman–Crippen LogP) is 3.58. The van der Waals surface area contributed by atoms with Gasteiger partial charge in [0.05, 0.1) is 0 Å². The Bertz CT molecular complexity index is 240. The van der Waals surface area contributed by atoms with Crippen molar-refractivity contribution in [3.8, 4) is 0 Å². The fourth-order valence-corrected chi connectivity index (χ4v) is 2.67. The quantitative estimate of drug-likeness (QED) is 0.675. The first kappa shape index (κ1) is 8.31. The Hall–Kier alpha value is -0.300. The van der Waals surface area contributed by atoms with Crippen molar-refractivity contribution in [3.05, 3.63) is 35.9 Å². The van der Waals surface area contributed by atoms with Gasteiger partial charge in [0.25, 0.3) is 0 Å². The molecule has 0 aromatic heterocycles. The number of hydrogen-bond acceptors (Lipinski definition) is 0. The van der Waals surface area contributed by atoms with E-state index in [4.69, 9.17) is 0 Å². The first-order valence-corrected chi connectivity index (χ1v) is 5.65. The fraction of sp³-hybridized carbons (Fsp3) is 0.455. The van der Waals surface area contributed by atoms with Gasteiger partial charge in [-0.25, -0.2) is 0 Å². The average Bonchev–Trinajstić information content (AvgIpc) is 2.05. The van der Waals surface area contributed by atoms with Gasteiger partial charge < -0.3 is 0 Å². The summed E-state index contributed by atoms with van der Waals surface area (Å²) >= 11 is 3.56. The van der Waals surface area contributed by atoms with E-state index in [1.807, 2.05) is 0 Å². The molecule has 0 saturated heterocycles. The minimum Gasteiger partial charge on any atom is -0.0925 e. The molecule has 1 saturated carbocycles. The third-order valence-electron chi connectivity index (χ3n) is 2.84. The first-order valence-electron chi connectivity index (χ1n) is 4.52. The van der Waals surface area contributed by atoms with Gasteiger partial charge in [0.15, 0.2) is 0 Å². The molecular weight excluding hydrogens is 212 g/mol. The molecule has 2 atom stereocenters. The predicted molar refractivity (Wildman–Crippen MR) is 55.7 cm³/mol. The van der Waals surface area contributed by atoms with Gasteiger partial charge in [0.2, 0.25) is 0 Å². The molecule has 1 heteroatoms. The van der Waals surface area contributed by atoms with Gasteiger partial charge >= 0.3 is 0 Å². The topological polar surface area (TPSA) is 0 Å². The van der Waals surface area contributed by atoms with Gasteiger partial charge in [-0.15, -0.1) is 0 Å². The molecule has 0 heterocycles. The van der Waals surface area contributed by atoms with E-state index in [-0.39, 0.29) is 0 Å². The lowest BCUT2D eigenvalue weighted by Gasteiger charge is -2.35. The second-order valence-electron chi connectivity index (χ2n) is 3.51. The van der Waals surface area contributed by atoms with Crippen molar-refractivity contribution >= 4 is 15.9 Å². The first-order chi connectivity index (χ1) is 5.92. The molecular formula is C11H13Br. The maximum atomic E-state index is 3.56. The highest BCUT2D eigenvalue weighted by Crippen LogP contribution is 2.43. The number of halogens is 1. The lowest BCUT2D eigenvalue weighted by molar-refractivity contribution is 0.288. The zero-order valence-corrected chi connectivity index (χ0v) is 8.63. The Labute approximate surface area is 82.1 Å². The van der Waals surface area contributed by atoms with E-state index in [0.29, 0.717) is 0 Å². The minimum atomic E-state index is 0.825. The molecule has 2 unspecified atom stereocenters. The van der Waals surface area contributed by atoms with Crippen LogP contribution in [-0.4, -0.2) is 5.33 Å². The molecule has 2 rings (SSSR count). The molecule has 0 amide bonds. The summed E-state index contributed by atoms with van der Waals surface area (Å²) in [7, 11) is 0. The summed E-state index contributed by atoms with van der Waals surface area (Å²) in [6.45, 7) is 0. The van der Waals surface area contributed by atoms with E-state index in [9.17, 15) is 0 Å². The van der Waals surface area contributed by atoms with Gasteiger partial charge in [-0.3, -0.25) is 0 Å². The fourth-order valence-electron chi connectivity index (χ4n) is 1.89. The Kier molecular flexibility index (Phi) is 2.50. The molecule has 1 aliphatic carbocycles. The summed E-state index contributed by atoms with van der Waals surface area (Å²) in [6, 6.07) is 10.9. The standard InChI is InChI=1S/C11H13Br/c12-8-10-6-7-11(10)9-4-2-1-3-5-9/h1-5,10-11H,6-8H2. The normalized spacial score (nSPS) is 28.1. The highest BCUT2D eigenvalue weighted by Gasteiger charge is 2.30. The van der Waals surface area contributed by atoms with Crippen LogP contribution in [0, 0.1) is 5.92 Å². The molecule has 0 spiro atoms. The summed E-state index contributed by atoms with van der Waals surface area (Å²) < 4.78 is 0. The zero-order chi connectivity index (χ0) is 8.39. The maximum Gasteiger partial charge on any atom is 0.00655 e. The second-order valence-corrected chi connectivity index (χ2v) is 4.16. The van der Waals surface area contributed by atoms with Crippen LogP contribution in [0.15, 0.2) is 30.3 Å². The lowest BCUT2D eigenvalue weighted by atomic mass is 9.71. The molecule has 0 aliphatic heterocycles. The smallest absolute Gasteiger partial charge is 0.00655 e. The number of alkyl halides is 1. The van der Waals surface area contributed by atoms with Gasteiger partial charge in [-0.1, -0.05) is 46.3 Å². The molecule has 1 fully saturated rings. The van der Waals surface area contributed by atoms with Gasteiger partial charge in [0, 0.05) is 5.33 Å². The highest BCUT2D eigenvalue weighted by molar-refractivity contribution is 9.09. The van der Waals surface area contributed by atoms with Crippen LogP contribution in [0.3, 0.4) is 0 Å². The van der Waals surface area contributed by atoms with Crippen LogP contribution in [-0.2, 0) is 0 Å².